The van der Waals surface area contributed by atoms with Crippen molar-refractivity contribution in [1.82, 2.24) is 14.9 Å². The molecule has 3 rings (SSSR count). The van der Waals surface area contributed by atoms with Crippen molar-refractivity contribution in [1.29, 1.82) is 0 Å². The normalized spacial score (nSPS) is 17.4. The number of amides is 1. The number of methoxy groups -OCH3 is 1. The van der Waals surface area contributed by atoms with Gasteiger partial charge >= 0.3 is 0 Å². The van der Waals surface area contributed by atoms with E-state index in [9.17, 15) is 4.79 Å². The standard InChI is InChI=1S/C18H21N3O3/c1-13(22)21-8-4-5-14(12-21)17-10-19-11-18(20-17)24-16-7-3-6-15(9-16)23-2/h3,6-7,9-11,14H,4-5,8,12H2,1-2H3/t14-/m0/s1. The molecule has 1 amide bonds. The summed E-state index contributed by atoms with van der Waals surface area (Å²) in [5.74, 6) is 2.12. The Morgan fingerprint density at radius 3 is 2.92 bits per heavy atom. The van der Waals surface area contributed by atoms with Crippen LogP contribution >= 0.6 is 0 Å². The lowest BCUT2D eigenvalue weighted by molar-refractivity contribution is -0.130. The van der Waals surface area contributed by atoms with Gasteiger partial charge in [0.05, 0.1) is 19.0 Å². The van der Waals surface area contributed by atoms with E-state index < -0.39 is 0 Å². The van der Waals surface area contributed by atoms with Crippen molar-refractivity contribution in [3.05, 3.63) is 42.4 Å². The van der Waals surface area contributed by atoms with Gasteiger partial charge < -0.3 is 14.4 Å². The lowest BCUT2D eigenvalue weighted by Crippen LogP contribution is -2.37. The largest absolute Gasteiger partial charge is 0.497 e. The van der Waals surface area contributed by atoms with Gasteiger partial charge in [-0.05, 0) is 25.0 Å². The first-order chi connectivity index (χ1) is 11.7. The highest BCUT2D eigenvalue weighted by molar-refractivity contribution is 5.73. The molecule has 0 spiro atoms. The number of carbonyl (C=O) groups excluding carboxylic acids is 1. The highest BCUT2D eigenvalue weighted by atomic mass is 16.5. The first-order valence-corrected chi connectivity index (χ1v) is 8.05. The first-order valence-electron chi connectivity index (χ1n) is 8.05. The number of rotatable bonds is 4. The van der Waals surface area contributed by atoms with Crippen molar-refractivity contribution in [2.45, 2.75) is 25.7 Å². The van der Waals surface area contributed by atoms with Crippen molar-refractivity contribution in [2.24, 2.45) is 0 Å². The monoisotopic (exact) mass is 327 g/mol. The van der Waals surface area contributed by atoms with Crippen molar-refractivity contribution in [2.75, 3.05) is 20.2 Å². The van der Waals surface area contributed by atoms with Crippen LogP contribution in [-0.2, 0) is 4.79 Å². The predicted molar refractivity (Wildman–Crippen MR) is 89.3 cm³/mol. The number of nitrogens with zero attached hydrogens (tertiary/aromatic N) is 3. The zero-order valence-electron chi connectivity index (χ0n) is 13.9. The van der Waals surface area contributed by atoms with Crippen LogP contribution in [0.15, 0.2) is 36.7 Å². The van der Waals surface area contributed by atoms with Crippen LogP contribution in [0.4, 0.5) is 0 Å². The van der Waals surface area contributed by atoms with E-state index in [0.717, 1.165) is 30.8 Å². The van der Waals surface area contributed by atoms with Gasteiger partial charge in [0.1, 0.15) is 11.5 Å². The van der Waals surface area contributed by atoms with E-state index in [1.165, 1.54) is 0 Å². The fourth-order valence-corrected chi connectivity index (χ4v) is 2.90. The van der Waals surface area contributed by atoms with E-state index in [2.05, 4.69) is 9.97 Å². The highest BCUT2D eigenvalue weighted by Gasteiger charge is 2.24. The lowest BCUT2D eigenvalue weighted by Gasteiger charge is -2.31. The van der Waals surface area contributed by atoms with Crippen LogP contribution in [0.5, 0.6) is 17.4 Å². The van der Waals surface area contributed by atoms with Crippen LogP contribution in [0, 0.1) is 0 Å². The Kier molecular flexibility index (Phi) is 4.93. The third-order valence-corrected chi connectivity index (χ3v) is 4.18. The van der Waals surface area contributed by atoms with E-state index in [4.69, 9.17) is 9.47 Å². The highest BCUT2D eigenvalue weighted by Crippen LogP contribution is 2.28. The van der Waals surface area contributed by atoms with Crippen LogP contribution in [0.3, 0.4) is 0 Å². The van der Waals surface area contributed by atoms with E-state index >= 15 is 0 Å². The molecule has 0 saturated carbocycles. The molecule has 1 aromatic carbocycles. The first kappa shape index (κ1) is 16.2. The second kappa shape index (κ2) is 7.29. The molecule has 2 heterocycles. The molecular formula is C18H21N3O3. The predicted octanol–water partition coefficient (Wildman–Crippen LogP) is 3.00. The molecule has 1 aliphatic rings. The molecule has 0 bridgehead atoms. The Bertz CT molecular complexity index is 720. The van der Waals surface area contributed by atoms with Gasteiger partial charge in [-0.1, -0.05) is 6.07 Å². The summed E-state index contributed by atoms with van der Waals surface area (Å²) in [7, 11) is 1.61. The van der Waals surface area contributed by atoms with Crippen molar-refractivity contribution < 1.29 is 14.3 Å². The number of ether oxygens (including phenoxy) is 2. The zero-order chi connectivity index (χ0) is 16.9. The number of hydrogen-bond donors (Lipinski definition) is 0. The zero-order valence-corrected chi connectivity index (χ0v) is 13.9. The van der Waals surface area contributed by atoms with Crippen molar-refractivity contribution in [3.8, 4) is 17.4 Å². The number of hydrogen-bond acceptors (Lipinski definition) is 5. The molecule has 0 unspecified atom stereocenters. The van der Waals surface area contributed by atoms with Crippen LogP contribution in [0.25, 0.3) is 0 Å². The van der Waals surface area contributed by atoms with Gasteiger partial charge in [0.15, 0.2) is 0 Å². The lowest BCUT2D eigenvalue weighted by atomic mass is 9.95. The summed E-state index contributed by atoms with van der Waals surface area (Å²) in [4.78, 5) is 22.3. The average molecular weight is 327 g/mol. The maximum absolute atomic E-state index is 11.6. The second-order valence-corrected chi connectivity index (χ2v) is 5.87. The van der Waals surface area contributed by atoms with E-state index in [-0.39, 0.29) is 11.8 Å². The van der Waals surface area contributed by atoms with Gasteiger partial charge in [0.25, 0.3) is 0 Å². The van der Waals surface area contributed by atoms with Gasteiger partial charge in [-0.2, -0.15) is 0 Å². The van der Waals surface area contributed by atoms with Crippen molar-refractivity contribution in [3.63, 3.8) is 0 Å². The van der Waals surface area contributed by atoms with Gasteiger partial charge in [-0.25, -0.2) is 4.98 Å². The van der Waals surface area contributed by atoms with Crippen LogP contribution in [0.2, 0.25) is 0 Å². The molecule has 1 atom stereocenters. The van der Waals surface area contributed by atoms with Gasteiger partial charge in [0.2, 0.25) is 11.8 Å². The maximum atomic E-state index is 11.6. The Hall–Kier alpha value is -2.63. The molecule has 6 nitrogen and oxygen atoms in total. The van der Waals surface area contributed by atoms with Crippen LogP contribution in [0.1, 0.15) is 31.4 Å². The van der Waals surface area contributed by atoms with E-state index in [1.807, 2.05) is 23.1 Å². The van der Waals surface area contributed by atoms with E-state index in [1.54, 1.807) is 32.5 Å². The molecule has 1 saturated heterocycles. The quantitative estimate of drug-likeness (QED) is 0.864. The fourth-order valence-electron chi connectivity index (χ4n) is 2.90. The number of likely N-dealkylation sites (tertiary alicyclic amines) is 1. The molecule has 2 aromatic rings. The topological polar surface area (TPSA) is 64.6 Å². The summed E-state index contributed by atoms with van der Waals surface area (Å²) in [6.45, 7) is 3.11. The third kappa shape index (κ3) is 3.82. The Morgan fingerprint density at radius 2 is 2.12 bits per heavy atom. The maximum Gasteiger partial charge on any atom is 0.238 e. The summed E-state index contributed by atoms with van der Waals surface area (Å²) < 4.78 is 11.0. The molecule has 0 N–H and O–H groups in total. The van der Waals surface area contributed by atoms with Gasteiger partial charge in [0, 0.05) is 38.2 Å². The molecule has 126 valence electrons. The minimum absolute atomic E-state index is 0.108. The van der Waals surface area contributed by atoms with E-state index in [0.29, 0.717) is 18.2 Å². The molecule has 0 radical (unpaired) electrons. The molecule has 1 aromatic heterocycles. The molecular weight excluding hydrogens is 306 g/mol. The summed E-state index contributed by atoms with van der Waals surface area (Å²) in [5, 5.41) is 0. The van der Waals surface area contributed by atoms with Crippen LogP contribution in [-0.4, -0.2) is 41.0 Å². The molecule has 0 aliphatic carbocycles. The minimum atomic E-state index is 0.108. The van der Waals surface area contributed by atoms with Gasteiger partial charge in [-0.3, -0.25) is 9.78 Å². The van der Waals surface area contributed by atoms with Crippen LogP contribution < -0.4 is 9.47 Å². The summed E-state index contributed by atoms with van der Waals surface area (Å²) >= 11 is 0. The number of piperidine rings is 1. The Morgan fingerprint density at radius 1 is 1.29 bits per heavy atom. The minimum Gasteiger partial charge on any atom is -0.497 e. The Balaban J connectivity index is 1.75. The molecule has 24 heavy (non-hydrogen) atoms. The molecule has 1 fully saturated rings. The molecule has 1 aliphatic heterocycles. The summed E-state index contributed by atoms with van der Waals surface area (Å²) in [5.41, 5.74) is 0.862. The number of aromatic nitrogens is 2. The SMILES string of the molecule is COc1cccc(Oc2cncc([C@H]3CCCN(C(C)=O)C3)n2)c1. The second-order valence-electron chi connectivity index (χ2n) is 5.87. The Labute approximate surface area is 141 Å². The van der Waals surface area contributed by atoms with Crippen molar-refractivity contribution >= 4 is 5.91 Å². The molecule has 6 heteroatoms. The number of benzene rings is 1. The number of carbonyl (C=O) groups is 1. The third-order valence-electron chi connectivity index (χ3n) is 4.18. The average Bonchev–Trinajstić information content (AvgIpc) is 2.62. The summed E-state index contributed by atoms with van der Waals surface area (Å²) in [6, 6.07) is 7.35. The smallest absolute Gasteiger partial charge is 0.238 e. The fraction of sp³-hybridized carbons (Fsp3) is 0.389. The van der Waals surface area contributed by atoms with Gasteiger partial charge in [-0.15, -0.1) is 0 Å². The summed E-state index contributed by atoms with van der Waals surface area (Å²) in [6.07, 6.45) is 5.33.